The van der Waals surface area contributed by atoms with Crippen LogP contribution in [0.2, 0.25) is 0 Å². The number of imide groups is 4. The first-order valence-corrected chi connectivity index (χ1v) is 7.72. The summed E-state index contributed by atoms with van der Waals surface area (Å²) in [5.41, 5.74) is 1.25. The van der Waals surface area contributed by atoms with Gasteiger partial charge in [-0.05, 0) is 24.0 Å². The summed E-state index contributed by atoms with van der Waals surface area (Å²) in [6, 6.07) is 4.99. The van der Waals surface area contributed by atoms with Gasteiger partial charge in [0.2, 0.25) is 23.6 Å². The van der Waals surface area contributed by atoms with Gasteiger partial charge in [0.05, 0.1) is 0 Å². The number of carbonyl (C=O) groups is 6. The van der Waals surface area contributed by atoms with Crippen LogP contribution < -0.4 is 21.3 Å². The summed E-state index contributed by atoms with van der Waals surface area (Å²) in [6.45, 7) is 0. The Kier molecular flexibility index (Phi) is 4.48. The zero-order chi connectivity index (χ0) is 18.8. The van der Waals surface area contributed by atoms with Gasteiger partial charge in [-0.25, -0.2) is 9.59 Å². The number of urea groups is 2. The van der Waals surface area contributed by atoms with Crippen molar-refractivity contribution in [1.29, 1.82) is 0 Å². The van der Waals surface area contributed by atoms with E-state index in [9.17, 15) is 28.8 Å². The molecule has 1 aromatic carbocycles. The number of hydrogen-bond donors (Lipinski definition) is 4. The van der Waals surface area contributed by atoms with E-state index in [2.05, 4.69) is 0 Å². The molecule has 0 aromatic heterocycles. The number of carbonyl (C=O) groups excluding carboxylic acids is 6. The summed E-state index contributed by atoms with van der Waals surface area (Å²) in [5, 5.41) is 8.11. The summed E-state index contributed by atoms with van der Waals surface area (Å²) in [6.07, 6.45) is 0.112. The lowest BCUT2D eigenvalue weighted by atomic mass is 9.92. The van der Waals surface area contributed by atoms with Crippen LogP contribution in [0.4, 0.5) is 9.59 Å². The van der Waals surface area contributed by atoms with Gasteiger partial charge < -0.3 is 0 Å². The first-order chi connectivity index (χ1) is 12.3. The van der Waals surface area contributed by atoms with E-state index in [4.69, 9.17) is 0 Å². The van der Waals surface area contributed by atoms with Gasteiger partial charge in [-0.15, -0.1) is 0 Å². The van der Waals surface area contributed by atoms with E-state index in [0.717, 1.165) is 0 Å². The summed E-state index contributed by atoms with van der Waals surface area (Å²) >= 11 is 0. The van der Waals surface area contributed by atoms with Crippen molar-refractivity contribution < 1.29 is 28.8 Å². The lowest BCUT2D eigenvalue weighted by molar-refractivity contribution is -0.137. The Bertz CT molecular complexity index is 744. The van der Waals surface area contributed by atoms with E-state index in [1.54, 1.807) is 24.3 Å². The molecule has 10 nitrogen and oxygen atoms in total. The molecule has 0 spiro atoms. The van der Waals surface area contributed by atoms with Crippen molar-refractivity contribution in [2.75, 3.05) is 0 Å². The smallest absolute Gasteiger partial charge is 0.277 e. The van der Waals surface area contributed by atoms with Crippen molar-refractivity contribution in [3.63, 3.8) is 0 Å². The third-order valence-corrected chi connectivity index (χ3v) is 4.08. The Morgan fingerprint density at radius 1 is 0.615 bits per heavy atom. The molecule has 2 fully saturated rings. The predicted octanol–water partition coefficient (Wildman–Crippen LogP) is -1.26. The van der Waals surface area contributed by atoms with Crippen LogP contribution >= 0.6 is 0 Å². The van der Waals surface area contributed by atoms with Gasteiger partial charge in [0.1, 0.15) is 11.8 Å². The van der Waals surface area contributed by atoms with Crippen LogP contribution in [0.25, 0.3) is 0 Å². The van der Waals surface area contributed by atoms with Gasteiger partial charge in [-0.2, -0.15) is 0 Å². The topological polar surface area (TPSA) is 151 Å². The minimum Gasteiger partial charge on any atom is -0.277 e. The number of amides is 8. The van der Waals surface area contributed by atoms with E-state index in [1.165, 1.54) is 0 Å². The number of benzene rings is 1. The first kappa shape index (κ1) is 17.3. The molecule has 0 saturated carbocycles. The standard InChI is InChI=1S/C16H14N4O6/c21-11-9(12(22)18-15(25)17-11)5-7-2-1-3-8(4-7)6-10-13(23)19-16(26)20-14(10)24/h1-4,9-10H,5-6H2,(H2,17,18,21,22,25)(H2,19,20,23,24,26). The predicted molar refractivity (Wildman–Crippen MR) is 84.2 cm³/mol. The zero-order valence-corrected chi connectivity index (χ0v) is 13.3. The normalized spacial score (nSPS) is 18.9. The SMILES string of the molecule is O=C1NC(=O)C(Cc2cccc(CC3C(=O)NC(=O)NC3=O)c2)C(=O)N1. The third-order valence-electron chi connectivity index (χ3n) is 4.08. The molecule has 3 rings (SSSR count). The van der Waals surface area contributed by atoms with Gasteiger partial charge >= 0.3 is 12.1 Å². The molecule has 134 valence electrons. The van der Waals surface area contributed by atoms with Crippen molar-refractivity contribution >= 4 is 35.7 Å². The van der Waals surface area contributed by atoms with E-state index in [-0.39, 0.29) is 12.8 Å². The Labute approximate surface area is 146 Å². The van der Waals surface area contributed by atoms with Crippen molar-refractivity contribution in [1.82, 2.24) is 21.3 Å². The molecule has 2 aliphatic heterocycles. The molecule has 2 heterocycles. The third kappa shape index (κ3) is 3.58. The number of hydrogen-bond acceptors (Lipinski definition) is 6. The van der Waals surface area contributed by atoms with E-state index in [1.807, 2.05) is 21.3 Å². The van der Waals surface area contributed by atoms with Crippen LogP contribution in [0.5, 0.6) is 0 Å². The fourth-order valence-corrected chi connectivity index (χ4v) is 2.82. The monoisotopic (exact) mass is 358 g/mol. The van der Waals surface area contributed by atoms with Gasteiger partial charge in [-0.1, -0.05) is 24.3 Å². The molecular weight excluding hydrogens is 344 g/mol. The van der Waals surface area contributed by atoms with E-state index < -0.39 is 47.5 Å². The summed E-state index contributed by atoms with van der Waals surface area (Å²) in [5.74, 6) is -4.85. The number of rotatable bonds is 4. The van der Waals surface area contributed by atoms with E-state index in [0.29, 0.717) is 11.1 Å². The highest BCUT2D eigenvalue weighted by molar-refractivity contribution is 6.17. The van der Waals surface area contributed by atoms with Crippen molar-refractivity contribution in [2.45, 2.75) is 12.8 Å². The van der Waals surface area contributed by atoms with Gasteiger partial charge in [0, 0.05) is 0 Å². The fraction of sp³-hybridized carbons (Fsp3) is 0.250. The minimum atomic E-state index is -1.05. The Hall–Kier alpha value is -3.56. The van der Waals surface area contributed by atoms with Crippen LogP contribution in [-0.4, -0.2) is 35.7 Å². The summed E-state index contributed by atoms with van der Waals surface area (Å²) in [7, 11) is 0. The second-order valence-electron chi connectivity index (χ2n) is 5.95. The first-order valence-electron chi connectivity index (χ1n) is 7.72. The van der Waals surface area contributed by atoms with Crippen LogP contribution in [-0.2, 0) is 32.0 Å². The molecular formula is C16H14N4O6. The number of barbiturate groups is 2. The van der Waals surface area contributed by atoms with Crippen molar-refractivity contribution in [3.8, 4) is 0 Å². The fourth-order valence-electron chi connectivity index (χ4n) is 2.82. The molecule has 0 radical (unpaired) electrons. The molecule has 10 heteroatoms. The van der Waals surface area contributed by atoms with Crippen LogP contribution in [0.15, 0.2) is 24.3 Å². The molecule has 1 aromatic rings. The Balaban J connectivity index is 1.72. The van der Waals surface area contributed by atoms with Gasteiger partial charge in [0.25, 0.3) is 0 Å². The molecule has 0 bridgehead atoms. The average molecular weight is 358 g/mol. The molecule has 2 aliphatic rings. The summed E-state index contributed by atoms with van der Waals surface area (Å²) < 4.78 is 0. The lowest BCUT2D eigenvalue weighted by Crippen LogP contribution is -2.56. The second kappa shape index (κ2) is 6.75. The van der Waals surface area contributed by atoms with Crippen LogP contribution in [0, 0.1) is 11.8 Å². The molecule has 26 heavy (non-hydrogen) atoms. The quantitative estimate of drug-likeness (QED) is 0.493. The van der Waals surface area contributed by atoms with Gasteiger partial charge in [-0.3, -0.25) is 40.4 Å². The Morgan fingerprint density at radius 2 is 0.962 bits per heavy atom. The minimum absolute atomic E-state index is 0.0559. The lowest BCUT2D eigenvalue weighted by Gasteiger charge is -2.22. The molecule has 0 atom stereocenters. The molecule has 0 aliphatic carbocycles. The largest absolute Gasteiger partial charge is 0.328 e. The maximum absolute atomic E-state index is 11.8. The second-order valence-corrected chi connectivity index (χ2v) is 5.95. The van der Waals surface area contributed by atoms with Gasteiger partial charge in [0.15, 0.2) is 0 Å². The van der Waals surface area contributed by atoms with E-state index >= 15 is 0 Å². The highest BCUT2D eigenvalue weighted by Crippen LogP contribution is 2.17. The number of nitrogens with one attached hydrogen (secondary N) is 4. The highest BCUT2D eigenvalue weighted by Gasteiger charge is 2.35. The maximum Gasteiger partial charge on any atom is 0.328 e. The Morgan fingerprint density at radius 3 is 1.31 bits per heavy atom. The molecule has 8 amide bonds. The van der Waals surface area contributed by atoms with Crippen LogP contribution in [0.1, 0.15) is 11.1 Å². The van der Waals surface area contributed by atoms with Crippen LogP contribution in [0.3, 0.4) is 0 Å². The zero-order valence-electron chi connectivity index (χ0n) is 13.3. The molecule has 4 N–H and O–H groups in total. The summed E-state index contributed by atoms with van der Waals surface area (Å²) in [4.78, 5) is 69.4. The molecule has 0 unspecified atom stereocenters. The maximum atomic E-state index is 11.8. The van der Waals surface area contributed by atoms with Crippen molar-refractivity contribution in [2.24, 2.45) is 11.8 Å². The molecule has 2 saturated heterocycles. The average Bonchev–Trinajstić information content (AvgIpc) is 2.55. The van der Waals surface area contributed by atoms with Crippen molar-refractivity contribution in [3.05, 3.63) is 35.4 Å². The highest BCUT2D eigenvalue weighted by atomic mass is 16.2.